The fraction of sp³-hybridized carbons (Fsp3) is 0.733. The van der Waals surface area contributed by atoms with Crippen LogP contribution in [0.4, 0.5) is 0 Å². The van der Waals surface area contributed by atoms with Gasteiger partial charge in [0.15, 0.2) is 0 Å². The Bertz CT molecular complexity index is 363. The van der Waals surface area contributed by atoms with Crippen LogP contribution in [0.25, 0.3) is 0 Å². The highest BCUT2D eigenvalue weighted by molar-refractivity contribution is 5.12. The van der Waals surface area contributed by atoms with Crippen LogP contribution in [0.2, 0.25) is 0 Å². The molecule has 4 heteroatoms. The van der Waals surface area contributed by atoms with Crippen LogP contribution < -0.4 is 5.73 Å². The number of furan rings is 1. The van der Waals surface area contributed by atoms with E-state index in [0.717, 1.165) is 24.5 Å². The Morgan fingerprint density at radius 1 is 1.37 bits per heavy atom. The summed E-state index contributed by atoms with van der Waals surface area (Å²) in [5.74, 6) is 1.87. The number of nitrogens with zero attached hydrogens (tertiary/aromatic N) is 1. The van der Waals surface area contributed by atoms with E-state index in [-0.39, 0.29) is 18.2 Å². The van der Waals surface area contributed by atoms with E-state index in [9.17, 15) is 0 Å². The van der Waals surface area contributed by atoms with Crippen LogP contribution >= 0.6 is 0 Å². The van der Waals surface area contributed by atoms with Gasteiger partial charge in [-0.05, 0) is 46.4 Å². The highest BCUT2D eigenvalue weighted by Gasteiger charge is 2.25. The van der Waals surface area contributed by atoms with Gasteiger partial charge in [0.1, 0.15) is 11.5 Å². The maximum Gasteiger partial charge on any atom is 0.122 e. The van der Waals surface area contributed by atoms with E-state index in [2.05, 4.69) is 18.9 Å². The van der Waals surface area contributed by atoms with Crippen LogP contribution in [0, 0.1) is 6.92 Å². The Balaban J connectivity index is 2.68. The molecule has 1 rings (SSSR count). The standard InChI is InChI=1S/C15H28N2O2/c1-6-13(16)15(14-8-7-12(4)19-14)17(5)9-10-18-11(2)3/h7-8,11,13,15H,6,9-10,16H2,1-5H3. The molecular formula is C15H28N2O2. The average molecular weight is 268 g/mol. The van der Waals surface area contributed by atoms with Crippen molar-refractivity contribution in [3.8, 4) is 0 Å². The molecule has 0 aliphatic heterocycles. The van der Waals surface area contributed by atoms with Crippen LogP contribution in [0.1, 0.15) is 44.8 Å². The van der Waals surface area contributed by atoms with Gasteiger partial charge < -0.3 is 14.9 Å². The minimum Gasteiger partial charge on any atom is -0.465 e. The van der Waals surface area contributed by atoms with Crippen molar-refractivity contribution in [1.82, 2.24) is 4.90 Å². The van der Waals surface area contributed by atoms with Crippen molar-refractivity contribution in [1.29, 1.82) is 0 Å². The zero-order valence-corrected chi connectivity index (χ0v) is 12.8. The fourth-order valence-corrected chi connectivity index (χ4v) is 2.16. The van der Waals surface area contributed by atoms with E-state index < -0.39 is 0 Å². The number of hydrogen-bond donors (Lipinski definition) is 1. The van der Waals surface area contributed by atoms with Crippen molar-refractivity contribution >= 4 is 0 Å². The van der Waals surface area contributed by atoms with Gasteiger partial charge in [-0.1, -0.05) is 6.92 Å². The molecule has 0 saturated heterocycles. The largest absolute Gasteiger partial charge is 0.465 e. The molecule has 0 radical (unpaired) electrons. The smallest absolute Gasteiger partial charge is 0.122 e. The lowest BCUT2D eigenvalue weighted by atomic mass is 10.0. The lowest BCUT2D eigenvalue weighted by Crippen LogP contribution is -2.40. The lowest BCUT2D eigenvalue weighted by molar-refractivity contribution is 0.0498. The normalized spacial score (nSPS) is 15.2. The van der Waals surface area contributed by atoms with Gasteiger partial charge in [-0.2, -0.15) is 0 Å². The molecule has 0 aromatic carbocycles. The zero-order chi connectivity index (χ0) is 14.4. The lowest BCUT2D eigenvalue weighted by Gasteiger charge is -2.30. The summed E-state index contributed by atoms with van der Waals surface area (Å²) in [6.07, 6.45) is 1.18. The van der Waals surface area contributed by atoms with Gasteiger partial charge in [-0.25, -0.2) is 0 Å². The Kier molecular flexibility index (Phi) is 6.55. The van der Waals surface area contributed by atoms with Crippen LogP contribution in [0.3, 0.4) is 0 Å². The molecule has 1 aromatic heterocycles. The number of hydrogen-bond acceptors (Lipinski definition) is 4. The summed E-state index contributed by atoms with van der Waals surface area (Å²) >= 11 is 0. The predicted molar refractivity (Wildman–Crippen MR) is 78.2 cm³/mol. The Morgan fingerprint density at radius 3 is 2.53 bits per heavy atom. The maximum absolute atomic E-state index is 6.25. The first-order valence-corrected chi connectivity index (χ1v) is 7.09. The Morgan fingerprint density at radius 2 is 2.05 bits per heavy atom. The Hall–Kier alpha value is -0.840. The van der Waals surface area contributed by atoms with E-state index in [1.165, 1.54) is 0 Å². The first-order valence-electron chi connectivity index (χ1n) is 7.09. The van der Waals surface area contributed by atoms with Crippen LogP contribution in [0.5, 0.6) is 0 Å². The summed E-state index contributed by atoms with van der Waals surface area (Å²) in [7, 11) is 2.07. The molecule has 0 bridgehead atoms. The van der Waals surface area contributed by atoms with Gasteiger partial charge in [0, 0.05) is 12.6 Å². The monoisotopic (exact) mass is 268 g/mol. The molecule has 0 fully saturated rings. The van der Waals surface area contributed by atoms with Crippen LogP contribution in [-0.4, -0.2) is 37.2 Å². The van der Waals surface area contributed by atoms with Gasteiger partial charge in [-0.15, -0.1) is 0 Å². The van der Waals surface area contributed by atoms with E-state index in [0.29, 0.717) is 6.61 Å². The summed E-state index contributed by atoms with van der Waals surface area (Å²) in [6, 6.07) is 4.18. The van der Waals surface area contributed by atoms with Crippen molar-refractivity contribution in [3.05, 3.63) is 23.7 Å². The van der Waals surface area contributed by atoms with Gasteiger partial charge in [0.05, 0.1) is 18.8 Å². The molecule has 0 aliphatic rings. The SMILES string of the molecule is CCC(N)C(c1ccc(C)o1)N(C)CCOC(C)C. The third-order valence-electron chi connectivity index (χ3n) is 3.30. The molecule has 110 valence electrons. The van der Waals surface area contributed by atoms with Gasteiger partial charge in [0.25, 0.3) is 0 Å². The minimum atomic E-state index is 0.0644. The molecule has 1 heterocycles. The molecule has 2 atom stereocenters. The fourth-order valence-electron chi connectivity index (χ4n) is 2.16. The summed E-state index contributed by atoms with van der Waals surface area (Å²) in [5.41, 5.74) is 6.25. The molecular weight excluding hydrogens is 240 g/mol. The molecule has 0 spiro atoms. The number of ether oxygens (including phenoxy) is 1. The van der Waals surface area contributed by atoms with E-state index in [1.54, 1.807) is 0 Å². The second-order valence-electron chi connectivity index (χ2n) is 5.37. The summed E-state index contributed by atoms with van der Waals surface area (Å²) in [6.45, 7) is 9.71. The number of aryl methyl sites for hydroxylation is 1. The van der Waals surface area contributed by atoms with E-state index in [4.69, 9.17) is 14.9 Å². The summed E-state index contributed by atoms with van der Waals surface area (Å²) in [5, 5.41) is 0. The molecule has 0 aliphatic carbocycles. The van der Waals surface area contributed by atoms with Crippen molar-refractivity contribution in [3.63, 3.8) is 0 Å². The summed E-state index contributed by atoms with van der Waals surface area (Å²) < 4.78 is 11.4. The highest BCUT2D eigenvalue weighted by Crippen LogP contribution is 2.25. The molecule has 4 nitrogen and oxygen atoms in total. The third kappa shape index (κ3) is 4.97. The van der Waals surface area contributed by atoms with Crippen molar-refractivity contribution in [2.45, 2.75) is 52.3 Å². The van der Waals surface area contributed by atoms with Crippen molar-refractivity contribution in [2.75, 3.05) is 20.2 Å². The predicted octanol–water partition coefficient (Wildman–Crippen LogP) is 2.72. The van der Waals surface area contributed by atoms with E-state index >= 15 is 0 Å². The third-order valence-corrected chi connectivity index (χ3v) is 3.30. The number of nitrogens with two attached hydrogens (primary N) is 1. The number of rotatable bonds is 8. The van der Waals surface area contributed by atoms with Gasteiger partial charge in [-0.3, -0.25) is 4.90 Å². The highest BCUT2D eigenvalue weighted by atomic mass is 16.5. The molecule has 2 N–H and O–H groups in total. The molecule has 0 saturated carbocycles. The second-order valence-corrected chi connectivity index (χ2v) is 5.37. The second kappa shape index (κ2) is 7.68. The van der Waals surface area contributed by atoms with Crippen molar-refractivity contribution < 1.29 is 9.15 Å². The van der Waals surface area contributed by atoms with Crippen LogP contribution in [0.15, 0.2) is 16.5 Å². The quantitative estimate of drug-likeness (QED) is 0.787. The van der Waals surface area contributed by atoms with Crippen molar-refractivity contribution in [2.24, 2.45) is 5.73 Å². The zero-order valence-electron chi connectivity index (χ0n) is 12.8. The summed E-state index contributed by atoms with van der Waals surface area (Å²) in [4.78, 5) is 2.22. The molecule has 0 amide bonds. The van der Waals surface area contributed by atoms with E-state index in [1.807, 2.05) is 32.9 Å². The maximum atomic E-state index is 6.25. The number of likely N-dealkylation sites (N-methyl/N-ethyl adjacent to an activating group) is 1. The topological polar surface area (TPSA) is 51.6 Å². The molecule has 2 unspecified atom stereocenters. The Labute approximate surface area is 116 Å². The molecule has 19 heavy (non-hydrogen) atoms. The van der Waals surface area contributed by atoms with Gasteiger partial charge in [0.2, 0.25) is 0 Å². The first-order chi connectivity index (χ1) is 8.95. The first kappa shape index (κ1) is 16.2. The average Bonchev–Trinajstić information content (AvgIpc) is 2.75. The minimum absolute atomic E-state index is 0.0644. The van der Waals surface area contributed by atoms with Gasteiger partial charge >= 0.3 is 0 Å². The van der Waals surface area contributed by atoms with Crippen LogP contribution in [-0.2, 0) is 4.74 Å². The molecule has 1 aromatic rings.